The van der Waals surface area contributed by atoms with E-state index in [9.17, 15) is 13.2 Å². The molecule has 0 aliphatic carbocycles. The van der Waals surface area contributed by atoms with E-state index < -0.39 is 10.0 Å². The summed E-state index contributed by atoms with van der Waals surface area (Å²) >= 11 is 0. The highest BCUT2D eigenvalue weighted by Gasteiger charge is 2.38. The first kappa shape index (κ1) is 23.3. The number of hydrogen-bond donors (Lipinski definition) is 0. The van der Waals surface area contributed by atoms with E-state index in [4.69, 9.17) is 0 Å². The molecular formula is C26H29N3O3S. The maximum atomic E-state index is 13.7. The van der Waals surface area contributed by atoms with Crippen LogP contribution in [0.3, 0.4) is 0 Å². The lowest BCUT2D eigenvalue weighted by atomic mass is 9.81. The van der Waals surface area contributed by atoms with Crippen molar-refractivity contribution >= 4 is 15.8 Å². The van der Waals surface area contributed by atoms with E-state index in [-0.39, 0.29) is 29.1 Å². The van der Waals surface area contributed by atoms with E-state index >= 15 is 0 Å². The third-order valence-corrected chi connectivity index (χ3v) is 7.97. The molecule has 7 heteroatoms. The van der Waals surface area contributed by atoms with Crippen LogP contribution in [0.4, 0.5) is 0 Å². The zero-order chi connectivity index (χ0) is 23.4. The molecule has 1 fully saturated rings. The van der Waals surface area contributed by atoms with Gasteiger partial charge in [-0.25, -0.2) is 8.42 Å². The predicted molar refractivity (Wildman–Crippen MR) is 128 cm³/mol. The van der Waals surface area contributed by atoms with Gasteiger partial charge in [-0.05, 0) is 54.7 Å². The first-order valence-corrected chi connectivity index (χ1v) is 12.8. The number of sulfonamides is 1. The molecule has 6 nitrogen and oxygen atoms in total. The van der Waals surface area contributed by atoms with Gasteiger partial charge in [-0.1, -0.05) is 38.1 Å². The highest BCUT2D eigenvalue weighted by atomic mass is 32.2. The van der Waals surface area contributed by atoms with Crippen LogP contribution in [0.15, 0.2) is 78.1 Å². The third kappa shape index (κ3) is 5.20. The number of carbonyl (C=O) groups excluding carboxylic acids is 1. The number of rotatable bonds is 8. The summed E-state index contributed by atoms with van der Waals surface area (Å²) in [4.78, 5) is 22.2. The average Bonchev–Trinajstić information content (AvgIpc) is 3.35. The van der Waals surface area contributed by atoms with Crippen molar-refractivity contribution in [2.75, 3.05) is 13.1 Å². The molecule has 0 saturated carbocycles. The molecule has 0 spiro atoms. The van der Waals surface area contributed by atoms with Gasteiger partial charge >= 0.3 is 0 Å². The second kappa shape index (κ2) is 9.93. The Hall–Kier alpha value is -2.90. The van der Waals surface area contributed by atoms with Gasteiger partial charge in [0.2, 0.25) is 10.0 Å². The first-order chi connectivity index (χ1) is 15.9. The van der Waals surface area contributed by atoms with E-state index in [0.717, 1.165) is 23.2 Å². The molecule has 2 aromatic heterocycles. The van der Waals surface area contributed by atoms with E-state index in [1.165, 1.54) is 10.5 Å². The fraction of sp³-hybridized carbons (Fsp3) is 0.346. The Kier molecular flexibility index (Phi) is 7.00. The van der Waals surface area contributed by atoms with E-state index in [1.54, 1.807) is 24.5 Å². The van der Waals surface area contributed by atoms with Crippen LogP contribution in [0, 0.1) is 11.8 Å². The summed E-state index contributed by atoms with van der Waals surface area (Å²) in [6.45, 7) is 4.77. The second-order valence-electron chi connectivity index (χ2n) is 8.96. The van der Waals surface area contributed by atoms with Crippen LogP contribution >= 0.6 is 0 Å². The molecule has 2 unspecified atom stereocenters. The van der Waals surface area contributed by atoms with Crippen molar-refractivity contribution in [3.63, 3.8) is 0 Å². The molecule has 3 aromatic rings. The highest BCUT2D eigenvalue weighted by Crippen LogP contribution is 2.34. The molecule has 0 N–H and O–H groups in total. The molecule has 172 valence electrons. The Bertz CT molecular complexity index is 1200. The molecule has 1 aliphatic heterocycles. The largest absolute Gasteiger partial charge is 0.299 e. The van der Waals surface area contributed by atoms with E-state index in [2.05, 4.69) is 23.8 Å². The average molecular weight is 464 g/mol. The van der Waals surface area contributed by atoms with Gasteiger partial charge in [-0.15, -0.1) is 0 Å². The number of hydrogen-bond acceptors (Lipinski definition) is 5. The van der Waals surface area contributed by atoms with Crippen molar-refractivity contribution in [2.45, 2.75) is 37.5 Å². The zero-order valence-corrected chi connectivity index (χ0v) is 19.8. The predicted octanol–water partition coefficient (Wildman–Crippen LogP) is 4.55. The van der Waals surface area contributed by atoms with Crippen molar-refractivity contribution in [1.82, 2.24) is 14.3 Å². The number of carbonyl (C=O) groups is 1. The zero-order valence-electron chi connectivity index (χ0n) is 19.0. The van der Waals surface area contributed by atoms with Gasteiger partial charge in [0, 0.05) is 49.1 Å². The molecule has 0 bridgehead atoms. The SMILES string of the molecule is CC(C)CC(C(=O)C1CCN(S(=O)(=O)c2cccnc2)C1)c1cccc(-c2ccccn2)c1. The molecule has 0 amide bonds. The molecule has 1 aliphatic rings. The Morgan fingerprint density at radius 2 is 1.94 bits per heavy atom. The van der Waals surface area contributed by atoms with Crippen molar-refractivity contribution in [2.24, 2.45) is 11.8 Å². The summed E-state index contributed by atoms with van der Waals surface area (Å²) in [5.41, 5.74) is 2.80. The minimum absolute atomic E-state index is 0.116. The van der Waals surface area contributed by atoms with Crippen molar-refractivity contribution in [3.05, 3.63) is 78.8 Å². The minimum Gasteiger partial charge on any atom is -0.299 e. The molecule has 0 radical (unpaired) electrons. The molecule has 2 atom stereocenters. The number of benzene rings is 1. The molecule has 1 saturated heterocycles. The molecular weight excluding hydrogens is 434 g/mol. The standard InChI is InChI=1S/C26H29N3O3S/c1-19(2)15-24(20-7-5-8-21(16-20)25-10-3-4-13-28-25)26(30)22-11-14-29(18-22)33(31,32)23-9-6-12-27-17-23/h3-10,12-13,16-17,19,22,24H,11,14-15,18H2,1-2H3. The maximum absolute atomic E-state index is 13.7. The van der Waals surface area contributed by atoms with Gasteiger partial charge in [0.25, 0.3) is 0 Å². The number of pyridine rings is 2. The number of Topliss-reactive ketones (excluding diaryl/α,β-unsaturated/α-hetero) is 1. The van der Waals surface area contributed by atoms with Crippen LogP contribution in [0.1, 0.15) is 38.2 Å². The smallest absolute Gasteiger partial charge is 0.244 e. The molecule has 33 heavy (non-hydrogen) atoms. The van der Waals surface area contributed by atoms with Gasteiger partial charge in [-0.3, -0.25) is 14.8 Å². The number of nitrogens with zero attached hydrogens (tertiary/aromatic N) is 3. The highest BCUT2D eigenvalue weighted by molar-refractivity contribution is 7.89. The summed E-state index contributed by atoms with van der Waals surface area (Å²) in [5, 5.41) is 0. The molecule has 3 heterocycles. The lowest BCUT2D eigenvalue weighted by Gasteiger charge is -2.23. The Morgan fingerprint density at radius 3 is 2.64 bits per heavy atom. The number of ketones is 1. The second-order valence-corrected chi connectivity index (χ2v) is 10.9. The summed E-state index contributed by atoms with van der Waals surface area (Å²) in [5.74, 6) is -0.154. The van der Waals surface area contributed by atoms with Gasteiger partial charge in [0.15, 0.2) is 0 Å². The number of aromatic nitrogens is 2. The fourth-order valence-corrected chi connectivity index (χ4v) is 5.91. The van der Waals surface area contributed by atoms with Crippen LogP contribution in [-0.2, 0) is 14.8 Å². The Morgan fingerprint density at radius 1 is 1.09 bits per heavy atom. The first-order valence-electron chi connectivity index (χ1n) is 11.3. The van der Waals surface area contributed by atoms with Gasteiger partial charge in [-0.2, -0.15) is 4.31 Å². The van der Waals surface area contributed by atoms with E-state index in [1.807, 2.05) is 42.5 Å². The minimum atomic E-state index is -3.65. The maximum Gasteiger partial charge on any atom is 0.244 e. The van der Waals surface area contributed by atoms with Crippen LogP contribution in [0.2, 0.25) is 0 Å². The van der Waals surface area contributed by atoms with Gasteiger partial charge in [0.1, 0.15) is 10.7 Å². The lowest BCUT2D eigenvalue weighted by molar-refractivity contribution is -0.124. The third-order valence-electron chi connectivity index (χ3n) is 6.13. The summed E-state index contributed by atoms with van der Waals surface area (Å²) in [6.07, 6.45) is 5.91. The van der Waals surface area contributed by atoms with Crippen LogP contribution in [-0.4, -0.2) is 41.6 Å². The summed E-state index contributed by atoms with van der Waals surface area (Å²) < 4.78 is 27.4. The van der Waals surface area contributed by atoms with E-state index in [0.29, 0.717) is 18.9 Å². The van der Waals surface area contributed by atoms with Crippen LogP contribution in [0.25, 0.3) is 11.3 Å². The van der Waals surface area contributed by atoms with Gasteiger partial charge < -0.3 is 0 Å². The Labute approximate surface area is 195 Å². The quantitative estimate of drug-likeness (QED) is 0.489. The van der Waals surface area contributed by atoms with Crippen molar-refractivity contribution in [1.29, 1.82) is 0 Å². The summed E-state index contributed by atoms with van der Waals surface area (Å²) in [7, 11) is -3.65. The fourth-order valence-electron chi connectivity index (χ4n) is 4.45. The topological polar surface area (TPSA) is 80.2 Å². The van der Waals surface area contributed by atoms with Gasteiger partial charge in [0.05, 0.1) is 5.69 Å². The normalized spacial score (nSPS) is 17.8. The Balaban J connectivity index is 1.57. The van der Waals surface area contributed by atoms with Crippen molar-refractivity contribution in [3.8, 4) is 11.3 Å². The van der Waals surface area contributed by atoms with Crippen molar-refractivity contribution < 1.29 is 13.2 Å². The monoisotopic (exact) mass is 463 g/mol. The molecule has 4 rings (SSSR count). The van der Waals surface area contributed by atoms with Crippen LogP contribution in [0.5, 0.6) is 0 Å². The summed E-state index contributed by atoms with van der Waals surface area (Å²) in [6, 6.07) is 16.9. The van der Waals surface area contributed by atoms with Crippen LogP contribution < -0.4 is 0 Å². The molecule has 1 aromatic carbocycles. The lowest BCUT2D eigenvalue weighted by Crippen LogP contribution is -2.31.